The molecule has 2 aliphatic heterocycles. The number of nitriles is 1. The lowest BCUT2D eigenvalue weighted by Gasteiger charge is -2.31. The molecule has 0 aromatic carbocycles. The van der Waals surface area contributed by atoms with Crippen molar-refractivity contribution in [1.29, 1.82) is 5.26 Å². The largest absolute Gasteiger partial charge is 0.477 e. The molecule has 23 heavy (non-hydrogen) atoms. The highest BCUT2D eigenvalue weighted by Gasteiger charge is 2.24. The normalized spacial score (nSPS) is 18.6. The van der Waals surface area contributed by atoms with Gasteiger partial charge in [0.2, 0.25) is 11.8 Å². The van der Waals surface area contributed by atoms with Gasteiger partial charge in [0.05, 0.1) is 19.8 Å². The monoisotopic (exact) mass is 318 g/mol. The Morgan fingerprint density at radius 2 is 1.91 bits per heavy atom. The Balaban J connectivity index is 1.99. The van der Waals surface area contributed by atoms with Crippen LogP contribution >= 0.6 is 0 Å². The van der Waals surface area contributed by atoms with Crippen LogP contribution in [0.15, 0.2) is 0 Å². The van der Waals surface area contributed by atoms with Crippen molar-refractivity contribution in [2.24, 2.45) is 0 Å². The van der Waals surface area contributed by atoms with E-state index in [9.17, 15) is 5.26 Å². The average molecular weight is 318 g/mol. The molecule has 0 aliphatic carbocycles. The van der Waals surface area contributed by atoms with Crippen LogP contribution in [-0.4, -0.2) is 69.1 Å². The molecule has 8 heteroatoms. The standard InChI is InChI=1S/C15H22N6O2/c1-2-23-14-12(11-16)13(20-7-9-22-10-8-20)18-15(19-14)21-5-3-17-4-6-21/h17H,2-10H2,1H3. The van der Waals surface area contributed by atoms with Crippen molar-refractivity contribution in [3.05, 3.63) is 5.56 Å². The van der Waals surface area contributed by atoms with Gasteiger partial charge in [-0.25, -0.2) is 0 Å². The van der Waals surface area contributed by atoms with Crippen LogP contribution in [0.1, 0.15) is 12.5 Å². The van der Waals surface area contributed by atoms with E-state index in [-0.39, 0.29) is 0 Å². The number of piperazine rings is 1. The van der Waals surface area contributed by atoms with E-state index >= 15 is 0 Å². The second kappa shape index (κ2) is 7.44. The zero-order valence-corrected chi connectivity index (χ0v) is 13.4. The molecule has 2 aliphatic rings. The van der Waals surface area contributed by atoms with Gasteiger partial charge in [-0.15, -0.1) is 0 Å². The minimum atomic E-state index is 0.375. The summed E-state index contributed by atoms with van der Waals surface area (Å²) in [5, 5.41) is 12.9. The van der Waals surface area contributed by atoms with E-state index in [0.717, 1.165) is 39.3 Å². The second-order valence-electron chi connectivity index (χ2n) is 5.41. The van der Waals surface area contributed by atoms with Gasteiger partial charge >= 0.3 is 0 Å². The molecule has 3 heterocycles. The van der Waals surface area contributed by atoms with Crippen molar-refractivity contribution in [3.63, 3.8) is 0 Å². The minimum absolute atomic E-state index is 0.375. The van der Waals surface area contributed by atoms with E-state index in [0.29, 0.717) is 43.0 Å². The predicted octanol–water partition coefficient (Wildman–Crippen LogP) is -0.00682. The smallest absolute Gasteiger partial charge is 0.238 e. The minimum Gasteiger partial charge on any atom is -0.477 e. The molecule has 8 nitrogen and oxygen atoms in total. The van der Waals surface area contributed by atoms with Crippen LogP contribution in [0, 0.1) is 11.3 Å². The van der Waals surface area contributed by atoms with Gasteiger partial charge in [0, 0.05) is 39.3 Å². The molecule has 1 aromatic rings. The molecule has 0 saturated carbocycles. The zero-order valence-electron chi connectivity index (χ0n) is 13.4. The highest BCUT2D eigenvalue weighted by atomic mass is 16.5. The zero-order chi connectivity index (χ0) is 16.1. The van der Waals surface area contributed by atoms with Gasteiger partial charge in [0.1, 0.15) is 6.07 Å². The molecule has 2 saturated heterocycles. The maximum atomic E-state index is 9.57. The topological polar surface area (TPSA) is 86.5 Å². The van der Waals surface area contributed by atoms with Crippen LogP contribution in [0.2, 0.25) is 0 Å². The van der Waals surface area contributed by atoms with Crippen molar-refractivity contribution in [2.75, 3.05) is 68.9 Å². The van der Waals surface area contributed by atoms with Gasteiger partial charge in [0.15, 0.2) is 11.4 Å². The maximum Gasteiger partial charge on any atom is 0.238 e. The average Bonchev–Trinajstić information content (AvgIpc) is 2.63. The third kappa shape index (κ3) is 3.46. The molecule has 1 aromatic heterocycles. The molecule has 0 unspecified atom stereocenters. The van der Waals surface area contributed by atoms with Crippen molar-refractivity contribution < 1.29 is 9.47 Å². The van der Waals surface area contributed by atoms with Gasteiger partial charge in [-0.05, 0) is 6.92 Å². The number of hydrogen-bond acceptors (Lipinski definition) is 8. The first kappa shape index (κ1) is 15.8. The van der Waals surface area contributed by atoms with Crippen LogP contribution in [-0.2, 0) is 4.74 Å². The summed E-state index contributed by atoms with van der Waals surface area (Å²) < 4.78 is 11.0. The number of nitrogens with one attached hydrogen (secondary N) is 1. The second-order valence-corrected chi connectivity index (χ2v) is 5.41. The molecular weight excluding hydrogens is 296 g/mol. The number of nitrogens with zero attached hydrogens (tertiary/aromatic N) is 5. The van der Waals surface area contributed by atoms with Gasteiger partial charge in [0.25, 0.3) is 0 Å². The van der Waals surface area contributed by atoms with E-state index in [1.807, 2.05) is 6.92 Å². The van der Waals surface area contributed by atoms with E-state index in [4.69, 9.17) is 9.47 Å². The molecule has 0 spiro atoms. The van der Waals surface area contributed by atoms with Crippen molar-refractivity contribution in [3.8, 4) is 11.9 Å². The molecular formula is C15H22N6O2. The molecule has 3 rings (SSSR count). The first-order valence-corrected chi connectivity index (χ1v) is 8.06. The number of ether oxygens (including phenoxy) is 2. The molecule has 2 fully saturated rings. The van der Waals surface area contributed by atoms with E-state index in [1.165, 1.54) is 0 Å². The van der Waals surface area contributed by atoms with Crippen molar-refractivity contribution in [2.45, 2.75) is 6.92 Å². The lowest BCUT2D eigenvalue weighted by molar-refractivity contribution is 0.122. The van der Waals surface area contributed by atoms with Crippen LogP contribution in [0.25, 0.3) is 0 Å². The van der Waals surface area contributed by atoms with Crippen LogP contribution in [0.5, 0.6) is 5.88 Å². The number of aromatic nitrogens is 2. The Morgan fingerprint density at radius 1 is 1.17 bits per heavy atom. The highest BCUT2D eigenvalue weighted by Crippen LogP contribution is 2.29. The summed E-state index contributed by atoms with van der Waals surface area (Å²) in [6.07, 6.45) is 0. The molecule has 0 bridgehead atoms. The summed E-state index contributed by atoms with van der Waals surface area (Å²) in [7, 11) is 0. The molecule has 124 valence electrons. The third-order valence-electron chi connectivity index (χ3n) is 3.95. The maximum absolute atomic E-state index is 9.57. The fourth-order valence-electron chi connectivity index (χ4n) is 2.77. The summed E-state index contributed by atoms with van der Waals surface area (Å²) in [5.74, 6) is 1.67. The van der Waals surface area contributed by atoms with Gasteiger partial charge in [-0.2, -0.15) is 15.2 Å². The van der Waals surface area contributed by atoms with E-state index in [2.05, 4.69) is 31.2 Å². The van der Waals surface area contributed by atoms with Crippen LogP contribution in [0.4, 0.5) is 11.8 Å². The summed E-state index contributed by atoms with van der Waals surface area (Å²) in [4.78, 5) is 13.4. The fraction of sp³-hybridized carbons (Fsp3) is 0.667. The predicted molar refractivity (Wildman–Crippen MR) is 86.0 cm³/mol. The Morgan fingerprint density at radius 3 is 2.57 bits per heavy atom. The number of morpholine rings is 1. The molecule has 0 atom stereocenters. The first-order valence-electron chi connectivity index (χ1n) is 8.06. The fourth-order valence-corrected chi connectivity index (χ4v) is 2.77. The third-order valence-corrected chi connectivity index (χ3v) is 3.95. The van der Waals surface area contributed by atoms with Crippen LogP contribution < -0.4 is 19.9 Å². The summed E-state index contributed by atoms with van der Waals surface area (Å²) in [6.45, 7) is 8.58. The SMILES string of the molecule is CCOc1nc(N2CCNCC2)nc(N2CCOCC2)c1C#N. The Bertz CT molecular complexity index is 576. The Labute approximate surface area is 136 Å². The van der Waals surface area contributed by atoms with E-state index < -0.39 is 0 Å². The highest BCUT2D eigenvalue weighted by molar-refractivity contribution is 5.61. The van der Waals surface area contributed by atoms with Gasteiger partial charge in [-0.1, -0.05) is 0 Å². The lowest BCUT2D eigenvalue weighted by atomic mass is 10.2. The van der Waals surface area contributed by atoms with Gasteiger partial charge < -0.3 is 24.6 Å². The molecule has 0 radical (unpaired) electrons. The molecule has 0 amide bonds. The first-order chi connectivity index (χ1) is 11.3. The van der Waals surface area contributed by atoms with Crippen molar-refractivity contribution in [1.82, 2.24) is 15.3 Å². The van der Waals surface area contributed by atoms with Crippen molar-refractivity contribution >= 4 is 11.8 Å². The number of rotatable bonds is 4. The van der Waals surface area contributed by atoms with Gasteiger partial charge in [-0.3, -0.25) is 0 Å². The summed E-state index contributed by atoms with van der Waals surface area (Å²) in [5.41, 5.74) is 0.410. The quantitative estimate of drug-likeness (QED) is 0.830. The lowest BCUT2D eigenvalue weighted by Crippen LogP contribution is -2.44. The number of hydrogen-bond donors (Lipinski definition) is 1. The Hall–Kier alpha value is -2.11. The van der Waals surface area contributed by atoms with E-state index in [1.54, 1.807) is 0 Å². The van der Waals surface area contributed by atoms with Crippen LogP contribution in [0.3, 0.4) is 0 Å². The number of anilines is 2. The Kier molecular flexibility index (Phi) is 5.10. The summed E-state index contributed by atoms with van der Waals surface area (Å²) in [6, 6.07) is 2.21. The molecule has 1 N–H and O–H groups in total. The summed E-state index contributed by atoms with van der Waals surface area (Å²) >= 11 is 0.